The Kier molecular flexibility index (Phi) is 3.40. The summed E-state index contributed by atoms with van der Waals surface area (Å²) in [4.78, 5) is 4.23. The van der Waals surface area contributed by atoms with E-state index in [1.807, 2.05) is 50.4 Å². The van der Waals surface area contributed by atoms with Gasteiger partial charge in [0.1, 0.15) is 11.9 Å². The van der Waals surface area contributed by atoms with Crippen LogP contribution >= 0.6 is 0 Å². The highest BCUT2D eigenvalue weighted by Gasteiger charge is 2.13. The molecule has 0 aliphatic rings. The van der Waals surface area contributed by atoms with Crippen molar-refractivity contribution in [2.45, 2.75) is 13.0 Å². The van der Waals surface area contributed by atoms with Crippen molar-refractivity contribution >= 4 is 5.82 Å². The quantitative estimate of drug-likeness (QED) is 0.848. The van der Waals surface area contributed by atoms with Crippen LogP contribution in [0.5, 0.6) is 0 Å². The van der Waals surface area contributed by atoms with Crippen LogP contribution in [0.4, 0.5) is 5.82 Å². The van der Waals surface area contributed by atoms with Crippen molar-refractivity contribution in [1.29, 1.82) is 0 Å². The van der Waals surface area contributed by atoms with Gasteiger partial charge in [0, 0.05) is 18.8 Å². The number of aliphatic hydroxyl groups is 1. The Hall–Kier alpha value is -1.87. The Morgan fingerprint density at radius 1 is 1.24 bits per heavy atom. The summed E-state index contributed by atoms with van der Waals surface area (Å²) in [6.45, 7) is 1.98. The zero-order chi connectivity index (χ0) is 12.3. The fraction of sp³-hybridized carbons (Fsp3) is 0.214. The van der Waals surface area contributed by atoms with Crippen LogP contribution in [0.2, 0.25) is 0 Å². The maximum absolute atomic E-state index is 10.3. The Bertz CT molecular complexity index is 497. The topological polar surface area (TPSA) is 45.1 Å². The minimum Gasteiger partial charge on any atom is -0.384 e. The maximum atomic E-state index is 10.3. The molecule has 0 radical (unpaired) electrons. The summed E-state index contributed by atoms with van der Waals surface area (Å²) in [6.07, 6.45) is 1.10. The minimum atomic E-state index is -0.616. The first-order valence-electron chi connectivity index (χ1n) is 5.59. The van der Waals surface area contributed by atoms with E-state index < -0.39 is 6.10 Å². The molecule has 3 nitrogen and oxygen atoms in total. The largest absolute Gasteiger partial charge is 0.384 e. The summed E-state index contributed by atoms with van der Waals surface area (Å²) in [5.74, 6) is 0.812. The van der Waals surface area contributed by atoms with Crippen LogP contribution in [0.25, 0.3) is 0 Å². The first-order valence-corrected chi connectivity index (χ1v) is 5.59. The average molecular weight is 228 g/mol. The lowest BCUT2D eigenvalue weighted by Crippen LogP contribution is -2.04. The molecule has 2 N–H and O–H groups in total. The number of aliphatic hydroxyl groups excluding tert-OH is 1. The van der Waals surface area contributed by atoms with Crippen LogP contribution in [0.1, 0.15) is 22.8 Å². The molecule has 1 heterocycles. The molecule has 88 valence electrons. The van der Waals surface area contributed by atoms with E-state index in [-0.39, 0.29) is 0 Å². The van der Waals surface area contributed by atoms with Crippen LogP contribution in [-0.4, -0.2) is 17.1 Å². The van der Waals surface area contributed by atoms with Gasteiger partial charge in [-0.25, -0.2) is 4.98 Å². The summed E-state index contributed by atoms with van der Waals surface area (Å²) in [6, 6.07) is 11.5. The number of anilines is 1. The van der Waals surface area contributed by atoms with E-state index in [9.17, 15) is 5.11 Å². The lowest BCUT2D eigenvalue weighted by atomic mass is 9.99. The standard InChI is InChI=1S/C14H16N2O/c1-10-8-13(15-2)16-9-12(10)14(17)11-6-4-3-5-7-11/h3-9,14,17H,1-2H3,(H,15,16)/t14-/m1/s1. The summed E-state index contributed by atoms with van der Waals surface area (Å²) in [5, 5.41) is 13.3. The van der Waals surface area contributed by atoms with E-state index in [1.54, 1.807) is 6.20 Å². The molecule has 0 aliphatic carbocycles. The third kappa shape index (κ3) is 2.45. The van der Waals surface area contributed by atoms with Crippen LogP contribution in [0, 0.1) is 6.92 Å². The van der Waals surface area contributed by atoms with Crippen molar-refractivity contribution in [3.8, 4) is 0 Å². The van der Waals surface area contributed by atoms with Crippen molar-refractivity contribution in [1.82, 2.24) is 4.98 Å². The molecule has 0 aliphatic heterocycles. The Morgan fingerprint density at radius 3 is 2.53 bits per heavy atom. The summed E-state index contributed by atoms with van der Waals surface area (Å²) >= 11 is 0. The van der Waals surface area contributed by atoms with Crippen LogP contribution in [0.15, 0.2) is 42.6 Å². The molecule has 0 bridgehead atoms. The maximum Gasteiger partial charge on any atom is 0.125 e. The predicted octanol–water partition coefficient (Wildman–Crippen LogP) is 2.51. The highest BCUT2D eigenvalue weighted by molar-refractivity contribution is 5.42. The monoisotopic (exact) mass is 228 g/mol. The molecule has 0 amide bonds. The summed E-state index contributed by atoms with van der Waals surface area (Å²) < 4.78 is 0. The number of nitrogens with one attached hydrogen (secondary N) is 1. The van der Waals surface area contributed by atoms with Crippen molar-refractivity contribution in [3.05, 3.63) is 59.3 Å². The second-order valence-electron chi connectivity index (χ2n) is 3.99. The van der Waals surface area contributed by atoms with Gasteiger partial charge >= 0.3 is 0 Å². The second-order valence-corrected chi connectivity index (χ2v) is 3.99. The molecule has 1 aromatic heterocycles. The third-order valence-electron chi connectivity index (χ3n) is 2.82. The third-order valence-corrected chi connectivity index (χ3v) is 2.82. The number of benzene rings is 1. The van der Waals surface area contributed by atoms with Gasteiger partial charge in [-0.05, 0) is 24.1 Å². The lowest BCUT2D eigenvalue weighted by Gasteiger charge is -2.14. The fourth-order valence-electron chi connectivity index (χ4n) is 1.80. The van der Waals surface area contributed by atoms with Crippen molar-refractivity contribution in [2.24, 2.45) is 0 Å². The number of aromatic nitrogens is 1. The molecule has 2 rings (SSSR count). The molecule has 0 saturated carbocycles. The minimum absolute atomic E-state index is 0.616. The molecule has 3 heteroatoms. The van der Waals surface area contributed by atoms with Gasteiger partial charge in [-0.15, -0.1) is 0 Å². The van der Waals surface area contributed by atoms with Gasteiger partial charge in [0.2, 0.25) is 0 Å². The van der Waals surface area contributed by atoms with Gasteiger partial charge in [-0.1, -0.05) is 30.3 Å². The zero-order valence-corrected chi connectivity index (χ0v) is 10.0. The van der Waals surface area contributed by atoms with Gasteiger partial charge in [-0.3, -0.25) is 0 Å². The van der Waals surface area contributed by atoms with Crippen LogP contribution in [0.3, 0.4) is 0 Å². The molecule has 2 aromatic rings. The molecule has 0 saturated heterocycles. The average Bonchev–Trinajstić information content (AvgIpc) is 2.39. The highest BCUT2D eigenvalue weighted by Crippen LogP contribution is 2.24. The van der Waals surface area contributed by atoms with Crippen LogP contribution < -0.4 is 5.32 Å². The number of aryl methyl sites for hydroxylation is 1. The van der Waals surface area contributed by atoms with Crippen molar-refractivity contribution in [2.75, 3.05) is 12.4 Å². The van der Waals surface area contributed by atoms with E-state index in [4.69, 9.17) is 0 Å². The number of hydrogen-bond acceptors (Lipinski definition) is 3. The Morgan fingerprint density at radius 2 is 1.94 bits per heavy atom. The SMILES string of the molecule is CNc1cc(C)c([C@H](O)c2ccccc2)cn1. The van der Waals surface area contributed by atoms with E-state index >= 15 is 0 Å². The highest BCUT2D eigenvalue weighted by atomic mass is 16.3. The Labute approximate surface area is 101 Å². The fourth-order valence-corrected chi connectivity index (χ4v) is 1.80. The number of hydrogen-bond donors (Lipinski definition) is 2. The molecule has 1 aromatic carbocycles. The Balaban J connectivity index is 2.34. The van der Waals surface area contributed by atoms with Gasteiger partial charge < -0.3 is 10.4 Å². The van der Waals surface area contributed by atoms with Gasteiger partial charge in [-0.2, -0.15) is 0 Å². The number of nitrogens with zero attached hydrogens (tertiary/aromatic N) is 1. The zero-order valence-electron chi connectivity index (χ0n) is 10.0. The smallest absolute Gasteiger partial charge is 0.125 e. The lowest BCUT2D eigenvalue weighted by molar-refractivity contribution is 0.219. The summed E-state index contributed by atoms with van der Waals surface area (Å²) in [7, 11) is 1.83. The molecule has 1 atom stereocenters. The van der Waals surface area contributed by atoms with Gasteiger partial charge in [0.25, 0.3) is 0 Å². The molecule has 0 fully saturated rings. The van der Waals surface area contributed by atoms with Crippen molar-refractivity contribution in [3.63, 3.8) is 0 Å². The molecular formula is C14H16N2O. The van der Waals surface area contributed by atoms with E-state index in [1.165, 1.54) is 0 Å². The van der Waals surface area contributed by atoms with Gasteiger partial charge in [0.15, 0.2) is 0 Å². The van der Waals surface area contributed by atoms with Crippen LogP contribution in [-0.2, 0) is 0 Å². The van der Waals surface area contributed by atoms with E-state index in [0.29, 0.717) is 0 Å². The normalized spacial score (nSPS) is 12.2. The van der Waals surface area contributed by atoms with Gasteiger partial charge in [0.05, 0.1) is 0 Å². The van der Waals surface area contributed by atoms with E-state index in [2.05, 4.69) is 10.3 Å². The predicted molar refractivity (Wildman–Crippen MR) is 69.0 cm³/mol. The molecule has 0 unspecified atom stereocenters. The second kappa shape index (κ2) is 4.97. The van der Waals surface area contributed by atoms with Crippen molar-refractivity contribution < 1.29 is 5.11 Å². The number of pyridine rings is 1. The first-order chi connectivity index (χ1) is 8.22. The van der Waals surface area contributed by atoms with E-state index in [0.717, 1.165) is 22.5 Å². The molecular weight excluding hydrogens is 212 g/mol. The summed E-state index contributed by atoms with van der Waals surface area (Å²) in [5.41, 5.74) is 2.76. The molecule has 17 heavy (non-hydrogen) atoms. The number of rotatable bonds is 3. The first kappa shape index (κ1) is 11.6. The molecule has 0 spiro atoms.